The summed E-state index contributed by atoms with van der Waals surface area (Å²) in [6.07, 6.45) is 3.88. The third kappa shape index (κ3) is 25.3. The second kappa shape index (κ2) is 47.2. The predicted molar refractivity (Wildman–Crippen MR) is 500 cm³/mol. The van der Waals surface area contributed by atoms with E-state index in [2.05, 4.69) is 93.5 Å². The van der Waals surface area contributed by atoms with Crippen LogP contribution in [-0.4, -0.2) is 285 Å². The number of aliphatic hydroxyl groups is 2. The van der Waals surface area contributed by atoms with E-state index in [1.807, 2.05) is 13.0 Å². The molecule has 0 spiro atoms. The number of imidazole rings is 2. The number of aliphatic carboxylic acids is 1. The molecule has 3 aliphatic heterocycles. The molecule has 0 unspecified atom stereocenters. The van der Waals surface area contributed by atoms with E-state index in [-0.39, 0.29) is 129 Å². The standard InChI is InChI=1S/C95H119N21O24/c1-5-6-28-98-29-13-11-22-61(108-88(129)64(32-50-40-102-59-20-9-7-17-54(50)59)110-90(131)66(34-52-42-99-46-105-52)113-87(128)62-26-27-73(118)107-62)86(127)112-67(35-53-43-100-47-106-53)91(132)114-68(37-75(120)121)92(133)111-65(33-51-41-103-60-21-10-8-18-55(51)60)89(130)109-63(94(135)116-31-16-24-69(116)93(134)104-44-72(97)117)23-12-14-30-101-74(119)45-138-115-49(3)95(136)38-57-78(71(39-95)140-76-36-58(96)81(122)48(2)139-76)85(126)80-79(83(57)124)82(123)56-19-15-25-70(137-4)77(56)84(80)125/h7-10,15,17-21,25,40-43,46-48,58,61-69,71,76,81,98,102-103,122,124,126,136H,5-6,11-14,16,22-24,26-39,44-45,96H2,1-4H3,(H2,97,117)(H,99,105)(H,100,106)(H,101,119)(H,104,134)(H,107,118)(H,108,129)(H,109,130)(H,110,131)(H,111,133)(H,112,127)(H,113,128)(H,114,132)(H,120,121)/b115-49+/t48-,58-,61-,62-,63-,64-,65-,66-,67-,68-,69-,71-,76-,81+,95-/m0/s1. The molecular weight excluding hydrogens is 1820 g/mol. The van der Waals surface area contributed by atoms with Gasteiger partial charge in [-0.2, -0.15) is 0 Å². The number of hydrogen-bond donors (Lipinski definition) is 22. The van der Waals surface area contributed by atoms with Crippen molar-refractivity contribution in [1.29, 1.82) is 0 Å². The summed E-state index contributed by atoms with van der Waals surface area (Å²) in [6, 6.07) is 4.08. The molecule has 0 bridgehead atoms. The van der Waals surface area contributed by atoms with Crippen molar-refractivity contribution in [2.45, 2.75) is 240 Å². The Bertz CT molecular complexity index is 5910. The number of H-pyrrole nitrogens is 4. The summed E-state index contributed by atoms with van der Waals surface area (Å²) in [6.45, 7) is 4.69. The molecule has 2 aliphatic carbocycles. The number of carboxylic acid groups (broad SMARTS) is 1. The molecule has 12 amide bonds. The van der Waals surface area contributed by atoms with Crippen LogP contribution < -0.4 is 74.7 Å². The Hall–Kier alpha value is -14.5. The van der Waals surface area contributed by atoms with Gasteiger partial charge in [-0.25, -0.2) is 9.97 Å². The number of unbranched alkanes of at least 4 members (excludes halogenated alkanes) is 3. The van der Waals surface area contributed by atoms with Gasteiger partial charge in [-0.15, -0.1) is 0 Å². The van der Waals surface area contributed by atoms with Crippen LogP contribution in [0.2, 0.25) is 0 Å². The van der Waals surface area contributed by atoms with Gasteiger partial charge in [0.15, 0.2) is 18.7 Å². The van der Waals surface area contributed by atoms with Crippen molar-refractivity contribution in [2.75, 3.05) is 46.4 Å². The van der Waals surface area contributed by atoms with Crippen LogP contribution in [0.3, 0.4) is 0 Å². The second-order valence-electron chi connectivity index (χ2n) is 35.7. The van der Waals surface area contributed by atoms with Crippen molar-refractivity contribution >= 4 is 116 Å². The van der Waals surface area contributed by atoms with E-state index in [4.69, 9.17) is 30.5 Å². The number of amides is 12. The van der Waals surface area contributed by atoms with Crippen molar-refractivity contribution in [3.8, 4) is 17.2 Å². The van der Waals surface area contributed by atoms with Crippen molar-refractivity contribution in [3.63, 3.8) is 0 Å². The Morgan fingerprint density at radius 3 is 1.80 bits per heavy atom. The number of nitrogens with two attached hydrogens (primary N) is 2. The number of primary amides is 1. The number of rotatable bonds is 48. The van der Waals surface area contributed by atoms with E-state index < -0.39 is 235 Å². The number of phenols is 2. The Morgan fingerprint density at radius 2 is 1.21 bits per heavy atom. The smallest absolute Gasteiger partial charge is 0.305 e. The molecule has 45 nitrogen and oxygen atoms in total. The average molecular weight is 1940 g/mol. The number of likely N-dealkylation sites (tertiary alicyclic amines) is 1. The summed E-state index contributed by atoms with van der Waals surface area (Å²) in [7, 11) is 1.29. The lowest BCUT2D eigenvalue weighted by Crippen LogP contribution is -2.61. The van der Waals surface area contributed by atoms with Crippen LogP contribution in [0, 0.1) is 0 Å². The largest absolute Gasteiger partial charge is 0.507 e. The number of nitrogens with zero attached hydrogens (tertiary/aromatic N) is 4. The number of carboxylic acids is 1. The van der Waals surface area contributed by atoms with Crippen LogP contribution >= 0.6 is 0 Å². The Morgan fingerprint density at radius 1 is 0.650 bits per heavy atom. The van der Waals surface area contributed by atoms with Crippen molar-refractivity contribution in [2.24, 2.45) is 16.6 Å². The monoisotopic (exact) mass is 1940 g/mol. The van der Waals surface area contributed by atoms with Gasteiger partial charge in [0, 0.05) is 145 Å². The fraction of sp³-hybridized carbons (Fsp3) is 0.474. The van der Waals surface area contributed by atoms with Crippen LogP contribution in [0.4, 0.5) is 0 Å². The van der Waals surface area contributed by atoms with Gasteiger partial charge in [-0.3, -0.25) is 71.9 Å². The number of hydrogen-bond acceptors (Lipinski definition) is 28. The summed E-state index contributed by atoms with van der Waals surface area (Å²) in [5.41, 5.74) is 10.6. The maximum absolute atomic E-state index is 15.5. The van der Waals surface area contributed by atoms with Crippen LogP contribution in [0.15, 0.2) is 109 Å². The van der Waals surface area contributed by atoms with Gasteiger partial charge < -0.3 is 139 Å². The highest BCUT2D eigenvalue weighted by atomic mass is 16.7. The molecule has 0 saturated carbocycles. The first kappa shape index (κ1) is 103. The van der Waals surface area contributed by atoms with Gasteiger partial charge in [-0.05, 0) is 120 Å². The van der Waals surface area contributed by atoms with E-state index in [9.17, 15) is 68.7 Å². The fourth-order valence-electron chi connectivity index (χ4n) is 18.2. The topological polar surface area (TPSA) is 683 Å². The van der Waals surface area contributed by atoms with Gasteiger partial charge in [0.05, 0.1) is 73.4 Å². The minimum Gasteiger partial charge on any atom is -0.507 e. The van der Waals surface area contributed by atoms with Gasteiger partial charge in [0.1, 0.15) is 77.2 Å². The van der Waals surface area contributed by atoms with Crippen LogP contribution in [0.5, 0.6) is 17.2 Å². The number of fused-ring (bicyclic) bond motifs is 5. The number of carbonyl (C=O) groups excluding carboxylic acids is 14. The number of ketones is 2. The molecule has 3 fully saturated rings. The normalized spacial score (nSPS) is 20.3. The zero-order chi connectivity index (χ0) is 100. The number of aromatic nitrogens is 6. The lowest BCUT2D eigenvalue weighted by atomic mass is 9.72. The van der Waals surface area contributed by atoms with E-state index in [0.717, 1.165) is 12.8 Å². The molecule has 7 heterocycles. The highest BCUT2D eigenvalue weighted by Gasteiger charge is 2.51. The lowest BCUT2D eigenvalue weighted by Gasteiger charge is -2.42. The fourth-order valence-corrected chi connectivity index (χ4v) is 18.2. The van der Waals surface area contributed by atoms with Crippen LogP contribution in [0.1, 0.15) is 189 Å². The molecule has 13 rings (SSSR count). The molecule has 748 valence electrons. The average Bonchev–Trinajstić information content (AvgIpc) is 1.11. The summed E-state index contributed by atoms with van der Waals surface area (Å²) < 4.78 is 17.8. The molecule has 3 saturated heterocycles. The predicted octanol–water partition coefficient (Wildman–Crippen LogP) is -0.202. The van der Waals surface area contributed by atoms with Crippen LogP contribution in [-0.2, 0) is 109 Å². The molecule has 8 aromatic rings. The highest BCUT2D eigenvalue weighted by molar-refractivity contribution is 6.31. The number of oxime groups is 1. The number of carbonyl (C=O) groups is 15. The number of aromatic hydroxyl groups is 2. The number of ether oxygens (including phenoxy) is 3. The van der Waals surface area contributed by atoms with Crippen LogP contribution in [0.25, 0.3) is 21.8 Å². The highest BCUT2D eigenvalue weighted by Crippen LogP contribution is 2.53. The number of aromatic amines is 4. The molecular formula is C95H119N21O24. The summed E-state index contributed by atoms with van der Waals surface area (Å²) in [5.74, 6) is -15.0. The Labute approximate surface area is 802 Å². The third-order valence-corrected chi connectivity index (χ3v) is 25.8. The van der Waals surface area contributed by atoms with Crippen molar-refractivity contribution in [1.82, 2.24) is 93.3 Å². The van der Waals surface area contributed by atoms with Gasteiger partial charge >= 0.3 is 5.97 Å². The molecule has 0 radical (unpaired) electrons. The van der Waals surface area contributed by atoms with Crippen molar-refractivity contribution in [3.05, 3.63) is 160 Å². The quantitative estimate of drug-likeness (QED) is 0.0102. The number of aliphatic hydroxyl groups excluding tert-OH is 1. The first-order chi connectivity index (χ1) is 67.2. The molecule has 15 atom stereocenters. The number of nitrogens with one attached hydrogen (secondary N) is 15. The molecule has 24 N–H and O–H groups in total. The van der Waals surface area contributed by atoms with Crippen molar-refractivity contribution < 1.29 is 116 Å². The number of para-hydroxylation sites is 2. The summed E-state index contributed by atoms with van der Waals surface area (Å²) in [5, 5.41) is 93.6. The summed E-state index contributed by atoms with van der Waals surface area (Å²) >= 11 is 0. The minimum atomic E-state index is -2.15. The van der Waals surface area contributed by atoms with Gasteiger partial charge in [-0.1, -0.05) is 67.0 Å². The first-order valence-electron chi connectivity index (χ1n) is 46.7. The Balaban J connectivity index is 0.717. The van der Waals surface area contributed by atoms with E-state index in [0.29, 0.717) is 71.0 Å². The lowest BCUT2D eigenvalue weighted by molar-refractivity contribution is -0.245. The zero-order valence-electron chi connectivity index (χ0n) is 77.7. The van der Waals surface area contributed by atoms with Gasteiger partial charge in [0.2, 0.25) is 70.8 Å². The maximum Gasteiger partial charge on any atom is 0.305 e. The molecule has 140 heavy (non-hydrogen) atoms. The van der Waals surface area contributed by atoms with E-state index in [1.165, 1.54) is 62.2 Å². The number of methoxy groups -OCH3 is 1. The SMILES string of the molecule is CCCCNCCCC[C@H](NC(=O)[C@H](Cc1c[nH]c2ccccc12)NC(=O)[C@H](Cc1cnc[nH]1)NC(=O)[C@@H]1CCC(=O)N1)C(=O)N[C@@H](Cc1cnc[nH]1)C(=O)N[C@@H](CC(=O)O)C(=O)N[C@@H](Cc1c[nH]c2ccccc12)C(=O)N[C@@H](CCCCNC(=O)CO/N=C(\C)[C@]1(O)Cc2c(O)c3c(c(O)c2[C@@H](O[C@H]2C[C@H](N)[C@H](O)[C@H](C)O2)C1)C(=O)c1c(OC)cccc1C3=O)C(=O)N1CCC[C@H]1C(=O)NCC(N)=O. The minimum absolute atomic E-state index is 0.00874. The number of benzene rings is 4. The molecule has 45 heteroatoms. The third-order valence-electron chi connectivity index (χ3n) is 25.8. The zero-order valence-corrected chi connectivity index (χ0v) is 77.7. The summed E-state index contributed by atoms with van der Waals surface area (Å²) in [4.78, 5) is 241. The van der Waals surface area contributed by atoms with E-state index in [1.54, 1.807) is 61.8 Å². The molecule has 4 aromatic heterocycles. The van der Waals surface area contributed by atoms with Gasteiger partial charge in [0.25, 0.3) is 5.91 Å². The number of phenolic OH excluding ortho intramolecular Hbond substituents is 2. The molecule has 5 aliphatic rings. The second-order valence-corrected chi connectivity index (χ2v) is 35.7. The first-order valence-corrected chi connectivity index (χ1v) is 46.7. The Kier molecular flexibility index (Phi) is 34.7. The van der Waals surface area contributed by atoms with E-state index >= 15 is 28.8 Å². The molecule has 4 aromatic carbocycles. The maximum atomic E-state index is 15.5.